The zero-order valence-corrected chi connectivity index (χ0v) is 18.6. The third kappa shape index (κ3) is 4.32. The number of ether oxygens (including phenoxy) is 1. The van der Waals surface area contributed by atoms with E-state index in [1.807, 2.05) is 32.0 Å². The number of rotatable bonds is 5. The molecule has 1 aliphatic rings. The van der Waals surface area contributed by atoms with Gasteiger partial charge in [0.1, 0.15) is 11.6 Å². The minimum atomic E-state index is -1.31. The lowest BCUT2D eigenvalue weighted by Gasteiger charge is -2.38. The molecule has 2 N–H and O–H groups in total. The molecular weight excluding hydrogens is 400 g/mol. The van der Waals surface area contributed by atoms with Crippen molar-refractivity contribution < 1.29 is 18.3 Å². The molecule has 1 heterocycles. The summed E-state index contributed by atoms with van der Waals surface area (Å²) >= 11 is 0. The molecule has 0 aromatic heterocycles. The van der Waals surface area contributed by atoms with Crippen LogP contribution in [0.1, 0.15) is 55.9 Å². The molecule has 5 nitrogen and oxygen atoms in total. The minimum absolute atomic E-state index is 0.134. The first kappa shape index (κ1) is 22.9. The van der Waals surface area contributed by atoms with Gasteiger partial charge in [-0.1, -0.05) is 32.9 Å². The maximum absolute atomic E-state index is 14.6. The largest absolute Gasteiger partial charge is 0.443 e. The van der Waals surface area contributed by atoms with E-state index in [1.165, 1.54) is 5.01 Å². The molecule has 0 aliphatic carbocycles. The van der Waals surface area contributed by atoms with Gasteiger partial charge in [-0.2, -0.15) is 5.01 Å². The van der Waals surface area contributed by atoms with E-state index < -0.39 is 22.8 Å². The molecule has 166 valence electrons. The summed E-state index contributed by atoms with van der Waals surface area (Å²) in [5.74, 6) is -1.74. The number of aryl methyl sites for hydroxylation is 2. The Kier molecular flexibility index (Phi) is 6.18. The van der Waals surface area contributed by atoms with Crippen LogP contribution < -0.4 is 5.73 Å². The predicted molar refractivity (Wildman–Crippen MR) is 116 cm³/mol. The van der Waals surface area contributed by atoms with Gasteiger partial charge >= 0.3 is 0 Å². The highest BCUT2D eigenvalue weighted by Crippen LogP contribution is 2.43. The van der Waals surface area contributed by atoms with Gasteiger partial charge in [-0.15, -0.1) is 5.10 Å². The first-order valence-corrected chi connectivity index (χ1v) is 10.3. The fraction of sp³-hybridized carbons (Fsp3) is 0.417. The summed E-state index contributed by atoms with van der Waals surface area (Å²) in [4.78, 5) is 13.4. The summed E-state index contributed by atoms with van der Waals surface area (Å²) in [5, 5.41) is 5.68. The van der Waals surface area contributed by atoms with Gasteiger partial charge in [0.2, 0.25) is 11.6 Å². The Hall–Kier alpha value is -2.80. The van der Waals surface area contributed by atoms with Crippen molar-refractivity contribution in [1.82, 2.24) is 5.01 Å². The van der Waals surface area contributed by atoms with E-state index in [0.717, 1.165) is 29.3 Å². The Morgan fingerprint density at radius 3 is 2.45 bits per heavy atom. The number of hydrogen-bond acceptors (Lipinski definition) is 4. The monoisotopic (exact) mass is 429 g/mol. The first-order chi connectivity index (χ1) is 14.5. The third-order valence-corrected chi connectivity index (χ3v) is 5.47. The van der Waals surface area contributed by atoms with E-state index in [9.17, 15) is 13.6 Å². The fourth-order valence-corrected chi connectivity index (χ4v) is 3.50. The number of hydrazone groups is 1. The summed E-state index contributed by atoms with van der Waals surface area (Å²) in [7, 11) is 0. The Morgan fingerprint density at radius 2 is 1.84 bits per heavy atom. The van der Waals surface area contributed by atoms with Gasteiger partial charge in [0.25, 0.3) is 5.91 Å². The maximum atomic E-state index is 14.6. The first-order valence-electron chi connectivity index (χ1n) is 10.3. The Morgan fingerprint density at radius 1 is 1.13 bits per heavy atom. The van der Waals surface area contributed by atoms with Crippen LogP contribution in [0.3, 0.4) is 0 Å². The van der Waals surface area contributed by atoms with Gasteiger partial charge in [-0.25, -0.2) is 8.78 Å². The van der Waals surface area contributed by atoms with Crippen LogP contribution in [0.15, 0.2) is 41.5 Å². The van der Waals surface area contributed by atoms with E-state index in [0.29, 0.717) is 24.9 Å². The van der Waals surface area contributed by atoms with Crippen LogP contribution in [0.5, 0.6) is 0 Å². The van der Waals surface area contributed by atoms with Crippen LogP contribution in [0.2, 0.25) is 0 Å². The molecular formula is C24H29F2N3O2. The third-order valence-electron chi connectivity index (χ3n) is 5.47. The molecule has 1 atom stereocenters. The molecule has 1 aliphatic heterocycles. The number of nitrogens with zero attached hydrogens (tertiary/aromatic N) is 2. The molecule has 2 aromatic carbocycles. The molecule has 3 rings (SSSR count). The van der Waals surface area contributed by atoms with Gasteiger partial charge in [-0.05, 0) is 62.2 Å². The van der Waals surface area contributed by atoms with Crippen molar-refractivity contribution >= 4 is 11.8 Å². The van der Waals surface area contributed by atoms with Crippen molar-refractivity contribution in [2.24, 2.45) is 16.3 Å². The molecule has 0 spiro atoms. The predicted octanol–water partition coefficient (Wildman–Crippen LogP) is 4.74. The Balaban J connectivity index is 2.22. The fourth-order valence-electron chi connectivity index (χ4n) is 3.50. The Labute approximate surface area is 181 Å². The number of nitrogens with two attached hydrogens (primary N) is 1. The second-order valence-corrected chi connectivity index (χ2v) is 8.97. The van der Waals surface area contributed by atoms with E-state index in [1.54, 1.807) is 20.8 Å². The maximum Gasteiger partial charge on any atom is 0.251 e. The molecule has 0 fully saturated rings. The number of carbonyl (C=O) groups excluding carboxylic acids is 1. The summed E-state index contributed by atoms with van der Waals surface area (Å²) in [5.41, 5.74) is 6.37. The molecule has 0 radical (unpaired) electrons. The molecule has 31 heavy (non-hydrogen) atoms. The van der Waals surface area contributed by atoms with E-state index in [2.05, 4.69) is 5.10 Å². The molecule has 1 amide bonds. The van der Waals surface area contributed by atoms with Crippen LogP contribution >= 0.6 is 0 Å². The lowest BCUT2D eigenvalue weighted by atomic mass is 9.89. The molecule has 0 bridgehead atoms. The number of hydrogen-bond donors (Lipinski definition) is 1. The van der Waals surface area contributed by atoms with Crippen molar-refractivity contribution in [2.75, 3.05) is 6.54 Å². The van der Waals surface area contributed by atoms with Crippen LogP contribution in [0.25, 0.3) is 0 Å². The minimum Gasteiger partial charge on any atom is -0.443 e. The van der Waals surface area contributed by atoms with Gasteiger partial charge in [0.15, 0.2) is 0 Å². The van der Waals surface area contributed by atoms with Gasteiger partial charge < -0.3 is 10.5 Å². The lowest BCUT2D eigenvalue weighted by Crippen LogP contribution is -2.49. The number of carbonyl (C=O) groups is 1. The topological polar surface area (TPSA) is 67.9 Å². The quantitative estimate of drug-likeness (QED) is 0.747. The second-order valence-electron chi connectivity index (χ2n) is 8.97. The number of amides is 1. The SMILES string of the molecule is Cc1ccc(C2(CCCN)OC(c3cc(F)ccc3F)=NN2C(=O)C(C)(C)C)cc1C. The highest BCUT2D eigenvalue weighted by molar-refractivity contribution is 5.97. The standard InChI is InChI=1S/C24H29F2N3O2/c1-15-7-8-17(13-16(15)2)24(11-6-12-27)29(22(30)23(3,4)5)28-21(31-24)19-14-18(25)9-10-20(19)26/h7-10,13-14H,6,11-12,27H2,1-5H3. The number of benzene rings is 2. The van der Waals surface area contributed by atoms with Crippen molar-refractivity contribution in [3.63, 3.8) is 0 Å². The van der Waals surface area contributed by atoms with Crippen molar-refractivity contribution in [3.8, 4) is 0 Å². The summed E-state index contributed by atoms with van der Waals surface area (Å²) in [6.45, 7) is 9.66. The van der Waals surface area contributed by atoms with Crippen LogP contribution in [0.4, 0.5) is 8.78 Å². The van der Waals surface area contributed by atoms with Crippen molar-refractivity contribution in [2.45, 2.75) is 53.2 Å². The van der Waals surface area contributed by atoms with E-state index in [4.69, 9.17) is 10.5 Å². The van der Waals surface area contributed by atoms with Gasteiger partial charge in [0, 0.05) is 17.4 Å². The summed E-state index contributed by atoms with van der Waals surface area (Å²) in [6, 6.07) is 8.82. The van der Waals surface area contributed by atoms with E-state index >= 15 is 0 Å². The van der Waals surface area contributed by atoms with Crippen LogP contribution in [0, 0.1) is 30.9 Å². The zero-order chi connectivity index (χ0) is 23.0. The molecule has 1 unspecified atom stereocenters. The zero-order valence-electron chi connectivity index (χ0n) is 18.6. The molecule has 2 aromatic rings. The molecule has 0 saturated heterocycles. The average Bonchev–Trinajstić information content (AvgIpc) is 3.09. The van der Waals surface area contributed by atoms with Crippen molar-refractivity contribution in [3.05, 3.63) is 70.3 Å². The molecule has 7 heteroatoms. The van der Waals surface area contributed by atoms with Gasteiger partial charge in [-0.3, -0.25) is 4.79 Å². The highest BCUT2D eigenvalue weighted by atomic mass is 19.1. The Bertz CT molecular complexity index is 1030. The number of halogens is 2. The smallest absolute Gasteiger partial charge is 0.251 e. The normalized spacial score (nSPS) is 18.7. The van der Waals surface area contributed by atoms with E-state index in [-0.39, 0.29) is 17.4 Å². The van der Waals surface area contributed by atoms with Crippen LogP contribution in [-0.2, 0) is 15.3 Å². The van der Waals surface area contributed by atoms with Crippen LogP contribution in [-0.4, -0.2) is 23.4 Å². The second kappa shape index (κ2) is 8.38. The highest BCUT2D eigenvalue weighted by Gasteiger charge is 2.52. The lowest BCUT2D eigenvalue weighted by molar-refractivity contribution is -0.161. The summed E-state index contributed by atoms with van der Waals surface area (Å²) in [6.07, 6.45) is 0.882. The average molecular weight is 430 g/mol. The van der Waals surface area contributed by atoms with Crippen molar-refractivity contribution in [1.29, 1.82) is 0 Å². The molecule has 0 saturated carbocycles. The summed E-state index contributed by atoms with van der Waals surface area (Å²) < 4.78 is 34.7. The van der Waals surface area contributed by atoms with Gasteiger partial charge in [0.05, 0.1) is 5.56 Å².